The van der Waals surface area contributed by atoms with Crippen LogP contribution >= 0.6 is 12.2 Å². The molecule has 0 atom stereocenters. The lowest BCUT2D eigenvalue weighted by Crippen LogP contribution is -2.24. The summed E-state index contributed by atoms with van der Waals surface area (Å²) in [6.45, 7) is 0. The maximum Gasteiger partial charge on any atom is 0.191 e. The van der Waals surface area contributed by atoms with Gasteiger partial charge in [0.1, 0.15) is 0 Å². The summed E-state index contributed by atoms with van der Waals surface area (Å²) in [7, 11) is 5.12. The lowest BCUT2D eigenvalue weighted by molar-refractivity contribution is 0.355. The maximum atomic E-state index is 5.24. The second-order valence-corrected chi connectivity index (χ2v) is 4.85. The van der Waals surface area contributed by atoms with Gasteiger partial charge >= 0.3 is 0 Å². The van der Waals surface area contributed by atoms with Crippen molar-refractivity contribution in [3.05, 3.63) is 42.2 Å². The number of thiocarbonyl (C=S) groups is 1. The molecule has 0 aliphatic heterocycles. The molecule has 6 nitrogen and oxygen atoms in total. The van der Waals surface area contributed by atoms with Crippen LogP contribution in [0.2, 0.25) is 0 Å². The second kappa shape index (κ2) is 7.46. The van der Waals surface area contributed by atoms with Crippen LogP contribution in [0.3, 0.4) is 0 Å². The molecule has 0 spiro atoms. The molecule has 0 radical (unpaired) electrons. The van der Waals surface area contributed by atoms with Gasteiger partial charge in [0.15, 0.2) is 16.6 Å². The van der Waals surface area contributed by atoms with Crippen molar-refractivity contribution in [1.29, 1.82) is 0 Å². The van der Waals surface area contributed by atoms with Gasteiger partial charge in [0.2, 0.25) is 0 Å². The summed E-state index contributed by atoms with van der Waals surface area (Å²) < 4.78 is 12.4. The number of hydrogen-bond acceptors (Lipinski definition) is 4. The number of hydrazone groups is 1. The number of hydrogen-bond donors (Lipinski definition) is 2. The molecule has 0 saturated carbocycles. The molecule has 1 heterocycles. The summed E-state index contributed by atoms with van der Waals surface area (Å²) >= 11 is 5.19. The van der Waals surface area contributed by atoms with Gasteiger partial charge in [0.25, 0.3) is 0 Å². The quantitative estimate of drug-likeness (QED) is 0.503. The molecule has 1 aromatic heterocycles. The van der Waals surface area contributed by atoms with Crippen LogP contribution in [-0.4, -0.2) is 30.1 Å². The topological polar surface area (TPSA) is 59.8 Å². The molecule has 2 rings (SSSR count). The molecule has 1 aromatic carbocycles. The van der Waals surface area contributed by atoms with E-state index in [-0.39, 0.29) is 0 Å². The van der Waals surface area contributed by atoms with E-state index in [1.54, 1.807) is 32.6 Å². The third-order valence-corrected chi connectivity index (χ3v) is 3.18. The molecule has 22 heavy (non-hydrogen) atoms. The second-order valence-electron chi connectivity index (χ2n) is 4.44. The maximum absolute atomic E-state index is 5.24. The van der Waals surface area contributed by atoms with Crippen molar-refractivity contribution in [2.45, 2.75) is 0 Å². The van der Waals surface area contributed by atoms with Crippen LogP contribution in [0.15, 0.2) is 41.6 Å². The van der Waals surface area contributed by atoms with E-state index in [0.29, 0.717) is 16.6 Å². The number of benzene rings is 1. The Morgan fingerprint density at radius 3 is 2.64 bits per heavy atom. The Balaban J connectivity index is 1.94. The molecular formula is C15H18N4O2S. The van der Waals surface area contributed by atoms with Crippen molar-refractivity contribution in [3.8, 4) is 11.5 Å². The Hall–Kier alpha value is -2.54. The lowest BCUT2D eigenvalue weighted by atomic mass is 10.3. The number of anilines is 1. The fourth-order valence-corrected chi connectivity index (χ4v) is 2.01. The van der Waals surface area contributed by atoms with E-state index >= 15 is 0 Å². The fourth-order valence-electron chi connectivity index (χ4n) is 1.84. The number of methoxy groups -OCH3 is 2. The smallest absolute Gasteiger partial charge is 0.191 e. The first-order valence-electron chi connectivity index (χ1n) is 6.57. The molecule has 0 aliphatic rings. The summed E-state index contributed by atoms with van der Waals surface area (Å²) in [6, 6.07) is 9.35. The first kappa shape index (κ1) is 15.8. The summed E-state index contributed by atoms with van der Waals surface area (Å²) in [5.74, 6) is 1.29. The normalized spacial score (nSPS) is 10.5. The Labute approximate surface area is 134 Å². The number of rotatable bonds is 5. The minimum absolute atomic E-state index is 0.387. The van der Waals surface area contributed by atoms with E-state index < -0.39 is 0 Å². The van der Waals surface area contributed by atoms with Crippen LogP contribution in [0.5, 0.6) is 11.5 Å². The van der Waals surface area contributed by atoms with Crippen molar-refractivity contribution in [2.75, 3.05) is 19.5 Å². The molecule has 0 saturated heterocycles. The minimum atomic E-state index is 0.387. The van der Waals surface area contributed by atoms with Crippen molar-refractivity contribution in [1.82, 2.24) is 9.99 Å². The standard InChI is InChI=1S/C15H18N4O2S/c1-19-8-4-5-12(19)10-16-18-15(22)17-11-6-7-13(20-2)14(9-11)21-3/h4-10H,1-3H3,(H2,17,18,22). The molecule has 0 fully saturated rings. The van der Waals surface area contributed by atoms with Gasteiger partial charge in [0, 0.05) is 25.0 Å². The largest absolute Gasteiger partial charge is 0.493 e. The Bertz CT molecular complexity index is 682. The van der Waals surface area contributed by atoms with Crippen molar-refractivity contribution in [2.24, 2.45) is 12.1 Å². The number of nitrogens with zero attached hydrogens (tertiary/aromatic N) is 2. The highest BCUT2D eigenvalue weighted by Crippen LogP contribution is 2.29. The molecule has 0 amide bonds. The average Bonchev–Trinajstić information content (AvgIpc) is 2.92. The van der Waals surface area contributed by atoms with E-state index in [1.165, 1.54) is 0 Å². The summed E-state index contributed by atoms with van der Waals surface area (Å²) in [6.07, 6.45) is 3.64. The van der Waals surface area contributed by atoms with E-state index in [1.807, 2.05) is 36.0 Å². The Morgan fingerprint density at radius 2 is 2.00 bits per heavy atom. The lowest BCUT2D eigenvalue weighted by Gasteiger charge is -2.11. The number of nitrogens with one attached hydrogen (secondary N) is 2. The first-order valence-corrected chi connectivity index (χ1v) is 6.98. The Kier molecular flexibility index (Phi) is 5.37. The SMILES string of the molecule is COc1ccc(NC(=S)NN=Cc2cccn2C)cc1OC. The summed E-state index contributed by atoms with van der Waals surface area (Å²) in [5, 5.41) is 7.51. The molecule has 2 aromatic rings. The number of aryl methyl sites for hydroxylation is 1. The monoisotopic (exact) mass is 318 g/mol. The van der Waals surface area contributed by atoms with Crippen LogP contribution in [0.4, 0.5) is 5.69 Å². The van der Waals surface area contributed by atoms with E-state index in [2.05, 4.69) is 15.8 Å². The average molecular weight is 318 g/mol. The highest BCUT2D eigenvalue weighted by molar-refractivity contribution is 7.80. The van der Waals surface area contributed by atoms with E-state index in [9.17, 15) is 0 Å². The van der Waals surface area contributed by atoms with Crippen LogP contribution in [0.1, 0.15) is 5.69 Å². The van der Waals surface area contributed by atoms with E-state index in [4.69, 9.17) is 21.7 Å². The van der Waals surface area contributed by atoms with Crippen molar-refractivity contribution in [3.63, 3.8) is 0 Å². The zero-order chi connectivity index (χ0) is 15.9. The molecular weight excluding hydrogens is 300 g/mol. The van der Waals surface area contributed by atoms with Crippen LogP contribution < -0.4 is 20.2 Å². The van der Waals surface area contributed by atoms with Gasteiger partial charge in [-0.1, -0.05) is 0 Å². The van der Waals surface area contributed by atoms with Crippen LogP contribution in [0, 0.1) is 0 Å². The highest BCUT2D eigenvalue weighted by atomic mass is 32.1. The third kappa shape index (κ3) is 3.98. The van der Waals surface area contributed by atoms with Gasteiger partial charge in [0.05, 0.1) is 26.1 Å². The van der Waals surface area contributed by atoms with Crippen LogP contribution in [0.25, 0.3) is 0 Å². The fraction of sp³-hybridized carbons (Fsp3) is 0.200. The van der Waals surface area contributed by atoms with Gasteiger partial charge in [-0.3, -0.25) is 5.43 Å². The zero-order valence-corrected chi connectivity index (χ0v) is 13.5. The van der Waals surface area contributed by atoms with Gasteiger partial charge < -0.3 is 19.4 Å². The zero-order valence-electron chi connectivity index (χ0n) is 12.7. The van der Waals surface area contributed by atoms with Gasteiger partial charge in [-0.05, 0) is 36.5 Å². The third-order valence-electron chi connectivity index (χ3n) is 2.99. The molecule has 116 valence electrons. The molecule has 0 aliphatic carbocycles. The predicted octanol–water partition coefficient (Wildman–Crippen LogP) is 2.36. The summed E-state index contributed by atoms with van der Waals surface area (Å²) in [5.41, 5.74) is 4.52. The first-order chi connectivity index (χ1) is 10.6. The highest BCUT2D eigenvalue weighted by Gasteiger charge is 2.05. The molecule has 7 heteroatoms. The van der Waals surface area contributed by atoms with Crippen molar-refractivity contribution >= 4 is 29.2 Å². The van der Waals surface area contributed by atoms with Crippen molar-refractivity contribution < 1.29 is 9.47 Å². The van der Waals surface area contributed by atoms with Gasteiger partial charge in [-0.15, -0.1) is 0 Å². The Morgan fingerprint density at radius 1 is 1.23 bits per heavy atom. The van der Waals surface area contributed by atoms with Gasteiger partial charge in [-0.2, -0.15) is 5.10 Å². The molecule has 0 unspecified atom stereocenters. The predicted molar refractivity (Wildman–Crippen MR) is 91.9 cm³/mol. The summed E-state index contributed by atoms with van der Waals surface area (Å²) in [4.78, 5) is 0. The number of ether oxygens (including phenoxy) is 2. The van der Waals surface area contributed by atoms with E-state index in [0.717, 1.165) is 11.4 Å². The number of aromatic nitrogens is 1. The van der Waals surface area contributed by atoms with Crippen LogP contribution in [-0.2, 0) is 7.05 Å². The molecule has 0 bridgehead atoms. The molecule has 2 N–H and O–H groups in total. The minimum Gasteiger partial charge on any atom is -0.493 e. The van der Waals surface area contributed by atoms with Gasteiger partial charge in [-0.25, -0.2) is 0 Å².